The smallest absolute Gasteiger partial charge is 0.347 e. The number of hydrogen-bond donors (Lipinski definition) is 1. The normalized spacial score (nSPS) is 10.2. The molecule has 0 aromatic heterocycles. The molecule has 0 amide bonds. The van der Waals surface area contributed by atoms with Crippen molar-refractivity contribution in [1.29, 1.82) is 0 Å². The van der Waals surface area contributed by atoms with Gasteiger partial charge in [-0.15, -0.1) is 0 Å². The minimum absolute atomic E-state index is 0.0596. The predicted octanol–water partition coefficient (Wildman–Crippen LogP) is 4.17. The summed E-state index contributed by atoms with van der Waals surface area (Å²) < 4.78 is 10.9. The quantitative estimate of drug-likeness (QED) is 0.447. The summed E-state index contributed by atoms with van der Waals surface area (Å²) in [6.45, 7) is 2.64. The van der Waals surface area contributed by atoms with Gasteiger partial charge in [-0.2, -0.15) is 0 Å². The third-order valence-electron chi connectivity index (χ3n) is 3.40. The van der Waals surface area contributed by atoms with Crippen LogP contribution >= 0.6 is 0 Å². The Morgan fingerprint density at radius 3 is 2.58 bits per heavy atom. The average molecular weight is 328 g/mol. The minimum Gasteiger partial charge on any atom is -0.493 e. The van der Waals surface area contributed by atoms with Crippen LogP contribution in [-0.2, 0) is 0 Å². The second-order valence-electron chi connectivity index (χ2n) is 5.27. The third kappa shape index (κ3) is 4.84. The second kappa shape index (κ2) is 8.72. The van der Waals surface area contributed by atoms with E-state index in [1.54, 1.807) is 24.3 Å². The molecule has 5 nitrogen and oxygen atoms in total. The Morgan fingerprint density at radius 1 is 1.04 bits per heavy atom. The molecule has 0 spiro atoms. The lowest BCUT2D eigenvalue weighted by molar-refractivity contribution is 0.0686. The highest BCUT2D eigenvalue weighted by atomic mass is 16.5. The van der Waals surface area contributed by atoms with E-state index in [4.69, 9.17) is 14.6 Å². The molecule has 24 heavy (non-hydrogen) atoms. The van der Waals surface area contributed by atoms with Crippen LogP contribution in [0.4, 0.5) is 0 Å². The SMILES string of the molecule is CCCCCOc1ccccc1C(=O)Oc1cccc(C(=O)O)c1. The Kier molecular flexibility index (Phi) is 6.37. The van der Waals surface area contributed by atoms with Crippen molar-refractivity contribution in [2.24, 2.45) is 0 Å². The Hall–Kier alpha value is -2.82. The fraction of sp³-hybridized carbons (Fsp3) is 0.263. The first-order valence-corrected chi connectivity index (χ1v) is 7.89. The predicted molar refractivity (Wildman–Crippen MR) is 89.8 cm³/mol. The van der Waals surface area contributed by atoms with Gasteiger partial charge in [0.05, 0.1) is 12.2 Å². The molecule has 2 aromatic rings. The molecule has 0 aliphatic rings. The number of carbonyl (C=O) groups is 2. The largest absolute Gasteiger partial charge is 0.493 e. The molecule has 0 fully saturated rings. The summed E-state index contributed by atoms with van der Waals surface area (Å²) in [6, 6.07) is 12.7. The monoisotopic (exact) mass is 328 g/mol. The molecule has 0 radical (unpaired) electrons. The van der Waals surface area contributed by atoms with Crippen LogP contribution in [0.25, 0.3) is 0 Å². The summed E-state index contributed by atoms with van der Waals surface area (Å²) in [5, 5.41) is 8.98. The number of carboxylic acids is 1. The number of ether oxygens (including phenoxy) is 2. The van der Waals surface area contributed by atoms with Crippen LogP contribution in [0, 0.1) is 0 Å². The van der Waals surface area contributed by atoms with Crippen LogP contribution in [0.3, 0.4) is 0 Å². The van der Waals surface area contributed by atoms with E-state index in [0.717, 1.165) is 19.3 Å². The maximum Gasteiger partial charge on any atom is 0.347 e. The van der Waals surface area contributed by atoms with Crippen molar-refractivity contribution in [3.8, 4) is 11.5 Å². The highest BCUT2D eigenvalue weighted by Gasteiger charge is 2.15. The molecule has 0 aliphatic heterocycles. The van der Waals surface area contributed by atoms with Crippen LogP contribution in [0.1, 0.15) is 46.9 Å². The van der Waals surface area contributed by atoms with Crippen LogP contribution in [-0.4, -0.2) is 23.7 Å². The lowest BCUT2D eigenvalue weighted by Gasteiger charge is -2.11. The Bertz CT molecular complexity index is 708. The number of benzene rings is 2. The molecule has 2 aromatic carbocycles. The molecule has 126 valence electrons. The van der Waals surface area contributed by atoms with Crippen molar-refractivity contribution in [2.45, 2.75) is 26.2 Å². The maximum atomic E-state index is 12.4. The molecular weight excluding hydrogens is 308 g/mol. The lowest BCUT2D eigenvalue weighted by atomic mass is 10.2. The van der Waals surface area contributed by atoms with E-state index in [1.165, 1.54) is 24.3 Å². The number of hydrogen-bond acceptors (Lipinski definition) is 4. The molecule has 0 heterocycles. The van der Waals surface area contributed by atoms with Gasteiger partial charge in [-0.25, -0.2) is 9.59 Å². The van der Waals surface area contributed by atoms with Gasteiger partial charge < -0.3 is 14.6 Å². The first-order valence-electron chi connectivity index (χ1n) is 7.89. The van der Waals surface area contributed by atoms with Gasteiger partial charge in [0.2, 0.25) is 0 Å². The number of rotatable bonds is 8. The van der Waals surface area contributed by atoms with Crippen LogP contribution in [0.2, 0.25) is 0 Å². The summed E-state index contributed by atoms with van der Waals surface area (Å²) in [4.78, 5) is 23.3. The second-order valence-corrected chi connectivity index (χ2v) is 5.27. The van der Waals surface area contributed by atoms with E-state index in [9.17, 15) is 9.59 Å². The van der Waals surface area contributed by atoms with Gasteiger partial charge in [0.25, 0.3) is 0 Å². The summed E-state index contributed by atoms with van der Waals surface area (Å²) in [6.07, 6.45) is 3.07. The number of carboxylic acid groups (broad SMARTS) is 1. The fourth-order valence-electron chi connectivity index (χ4n) is 2.15. The topological polar surface area (TPSA) is 72.8 Å². The molecule has 0 unspecified atom stereocenters. The first kappa shape index (κ1) is 17.5. The zero-order valence-electron chi connectivity index (χ0n) is 13.5. The standard InChI is InChI=1S/C19H20O5/c1-2-3-6-12-23-17-11-5-4-10-16(17)19(22)24-15-9-7-8-14(13-15)18(20)21/h4-5,7-11,13H,2-3,6,12H2,1H3,(H,20,21). The summed E-state index contributed by atoms with van der Waals surface area (Å²) in [5.41, 5.74) is 0.374. The molecular formula is C19H20O5. The van der Waals surface area contributed by atoms with Crippen LogP contribution in [0.15, 0.2) is 48.5 Å². The number of carbonyl (C=O) groups excluding carboxylic acids is 1. The Balaban J connectivity index is 2.09. The van der Waals surface area contributed by atoms with Gasteiger partial charge in [-0.3, -0.25) is 0 Å². The van der Waals surface area contributed by atoms with E-state index in [2.05, 4.69) is 6.92 Å². The summed E-state index contributed by atoms with van der Waals surface area (Å²) in [5.74, 6) is -1.01. The van der Waals surface area contributed by atoms with Crippen molar-refractivity contribution in [1.82, 2.24) is 0 Å². The van der Waals surface area contributed by atoms with Crippen molar-refractivity contribution in [3.63, 3.8) is 0 Å². The lowest BCUT2D eigenvalue weighted by Crippen LogP contribution is -2.11. The molecule has 2 rings (SSSR count). The fourth-order valence-corrected chi connectivity index (χ4v) is 2.15. The minimum atomic E-state index is -1.08. The zero-order chi connectivity index (χ0) is 17.4. The molecule has 0 aliphatic carbocycles. The molecule has 0 atom stereocenters. The van der Waals surface area contributed by atoms with Crippen molar-refractivity contribution in [2.75, 3.05) is 6.61 Å². The molecule has 0 saturated heterocycles. The van der Waals surface area contributed by atoms with E-state index < -0.39 is 11.9 Å². The molecule has 5 heteroatoms. The first-order chi connectivity index (χ1) is 11.6. The maximum absolute atomic E-state index is 12.4. The molecule has 1 N–H and O–H groups in total. The van der Waals surface area contributed by atoms with Crippen LogP contribution < -0.4 is 9.47 Å². The average Bonchev–Trinajstić information content (AvgIpc) is 2.59. The van der Waals surface area contributed by atoms with Crippen molar-refractivity contribution >= 4 is 11.9 Å². The Morgan fingerprint density at radius 2 is 1.83 bits per heavy atom. The third-order valence-corrected chi connectivity index (χ3v) is 3.40. The van der Waals surface area contributed by atoms with E-state index in [0.29, 0.717) is 17.9 Å². The van der Waals surface area contributed by atoms with Crippen molar-refractivity contribution in [3.05, 3.63) is 59.7 Å². The van der Waals surface area contributed by atoms with E-state index in [-0.39, 0.29) is 11.3 Å². The number of aromatic carboxylic acids is 1. The highest BCUT2D eigenvalue weighted by Crippen LogP contribution is 2.22. The van der Waals surface area contributed by atoms with Gasteiger partial charge in [0, 0.05) is 0 Å². The Labute approximate surface area is 140 Å². The van der Waals surface area contributed by atoms with Gasteiger partial charge in [-0.1, -0.05) is 38.0 Å². The molecule has 0 saturated carbocycles. The van der Waals surface area contributed by atoms with E-state index in [1.807, 2.05) is 0 Å². The highest BCUT2D eigenvalue weighted by molar-refractivity contribution is 5.94. The van der Waals surface area contributed by atoms with Crippen molar-refractivity contribution < 1.29 is 24.2 Å². The molecule has 0 bridgehead atoms. The van der Waals surface area contributed by atoms with Crippen LogP contribution in [0.5, 0.6) is 11.5 Å². The van der Waals surface area contributed by atoms with Gasteiger partial charge in [0.1, 0.15) is 17.1 Å². The van der Waals surface area contributed by atoms with E-state index >= 15 is 0 Å². The number of unbranched alkanes of at least 4 members (excludes halogenated alkanes) is 2. The summed E-state index contributed by atoms with van der Waals surface area (Å²) in [7, 11) is 0. The van der Waals surface area contributed by atoms with Gasteiger partial charge >= 0.3 is 11.9 Å². The van der Waals surface area contributed by atoms with Gasteiger partial charge in [-0.05, 0) is 36.8 Å². The number of esters is 1. The summed E-state index contributed by atoms with van der Waals surface area (Å²) >= 11 is 0. The number of para-hydroxylation sites is 1. The zero-order valence-corrected chi connectivity index (χ0v) is 13.5. The van der Waals surface area contributed by atoms with Gasteiger partial charge in [0.15, 0.2) is 0 Å².